The smallest absolute Gasteiger partial charge is 0.343 e. The molecule has 0 saturated carbocycles. The lowest BCUT2D eigenvalue weighted by Gasteiger charge is -2.11. The van der Waals surface area contributed by atoms with Crippen LogP contribution in [0.15, 0.2) is 99.0 Å². The second-order valence-corrected chi connectivity index (χ2v) is 10.6. The first-order valence-electron chi connectivity index (χ1n) is 12.1. The van der Waals surface area contributed by atoms with E-state index in [9.17, 15) is 14.9 Å². The Kier molecular flexibility index (Phi) is 7.91. The lowest BCUT2D eigenvalue weighted by atomic mass is 10.0. The van der Waals surface area contributed by atoms with Gasteiger partial charge in [0.1, 0.15) is 11.8 Å². The highest BCUT2D eigenvalue weighted by Crippen LogP contribution is 2.35. The van der Waals surface area contributed by atoms with Gasteiger partial charge in [-0.15, -0.1) is 0 Å². The van der Waals surface area contributed by atoms with E-state index in [1.807, 2.05) is 49.4 Å². The SMILES string of the molecule is Cc1cccc(C(=O)Oc2c(Br)cc(Br)cc2C=NNC(=O)c2[nH]c3c(C#N)cccc3c2-c2ccccc2)c1. The van der Waals surface area contributed by atoms with Crippen LogP contribution >= 0.6 is 31.9 Å². The van der Waals surface area contributed by atoms with Gasteiger partial charge in [0.2, 0.25) is 0 Å². The molecule has 2 N–H and O–H groups in total. The van der Waals surface area contributed by atoms with Crippen molar-refractivity contribution in [2.24, 2.45) is 5.10 Å². The summed E-state index contributed by atoms with van der Waals surface area (Å²) in [5, 5.41) is 14.5. The molecule has 0 unspecified atom stereocenters. The summed E-state index contributed by atoms with van der Waals surface area (Å²) in [6.45, 7) is 1.89. The van der Waals surface area contributed by atoms with Crippen LogP contribution in [0.2, 0.25) is 0 Å². The predicted octanol–water partition coefficient (Wildman–Crippen LogP) is 7.52. The molecule has 0 aliphatic carbocycles. The molecule has 0 radical (unpaired) electrons. The molecule has 5 aromatic rings. The molecule has 4 aromatic carbocycles. The molecule has 5 rings (SSSR count). The van der Waals surface area contributed by atoms with Gasteiger partial charge in [-0.1, -0.05) is 76.1 Å². The first-order chi connectivity index (χ1) is 19.4. The third-order valence-corrected chi connectivity index (χ3v) is 7.15. The number of aryl methyl sites for hydroxylation is 1. The predicted molar refractivity (Wildman–Crippen MR) is 161 cm³/mol. The Hall–Kier alpha value is -4.52. The van der Waals surface area contributed by atoms with E-state index in [2.05, 4.69) is 53.4 Å². The van der Waals surface area contributed by atoms with Crippen molar-refractivity contribution in [3.63, 3.8) is 0 Å². The maximum atomic E-state index is 13.4. The number of aromatic nitrogens is 1. The Morgan fingerprint density at radius 3 is 2.52 bits per heavy atom. The molecule has 0 fully saturated rings. The zero-order valence-corrected chi connectivity index (χ0v) is 24.2. The number of hydrogen-bond acceptors (Lipinski definition) is 5. The molecule has 196 valence electrons. The Labute approximate surface area is 246 Å². The number of aromatic amines is 1. The number of halogens is 2. The fraction of sp³-hybridized carbons (Fsp3) is 0.0323. The summed E-state index contributed by atoms with van der Waals surface area (Å²) in [6, 6.07) is 27.5. The lowest BCUT2D eigenvalue weighted by Crippen LogP contribution is -2.19. The molecule has 0 spiro atoms. The maximum Gasteiger partial charge on any atom is 0.343 e. The maximum absolute atomic E-state index is 13.4. The van der Waals surface area contributed by atoms with Crippen LogP contribution in [0, 0.1) is 18.3 Å². The highest BCUT2D eigenvalue weighted by Gasteiger charge is 2.21. The molecule has 0 aliphatic heterocycles. The van der Waals surface area contributed by atoms with Gasteiger partial charge >= 0.3 is 5.97 Å². The quantitative estimate of drug-likeness (QED) is 0.0854. The highest BCUT2D eigenvalue weighted by atomic mass is 79.9. The Morgan fingerprint density at radius 2 is 1.77 bits per heavy atom. The fourth-order valence-electron chi connectivity index (χ4n) is 4.31. The number of esters is 1. The number of fused-ring (bicyclic) bond motifs is 1. The summed E-state index contributed by atoms with van der Waals surface area (Å²) in [5.74, 6) is -0.770. The van der Waals surface area contributed by atoms with Gasteiger partial charge in [0.25, 0.3) is 5.91 Å². The molecule has 7 nitrogen and oxygen atoms in total. The van der Waals surface area contributed by atoms with Crippen LogP contribution in [0.4, 0.5) is 0 Å². The van der Waals surface area contributed by atoms with Crippen LogP contribution in [0.1, 0.15) is 37.5 Å². The number of ether oxygens (including phenoxy) is 1. The van der Waals surface area contributed by atoms with Gasteiger partial charge < -0.3 is 9.72 Å². The summed E-state index contributed by atoms with van der Waals surface area (Å²) in [6.07, 6.45) is 1.40. The summed E-state index contributed by atoms with van der Waals surface area (Å²) in [7, 11) is 0. The first kappa shape index (κ1) is 27.1. The van der Waals surface area contributed by atoms with Gasteiger partial charge in [0.05, 0.1) is 27.3 Å². The number of nitrogens with zero attached hydrogens (tertiary/aromatic N) is 2. The van der Waals surface area contributed by atoms with Crippen molar-refractivity contribution in [1.29, 1.82) is 5.26 Å². The van der Waals surface area contributed by atoms with Gasteiger partial charge in [-0.3, -0.25) is 4.79 Å². The van der Waals surface area contributed by atoms with Gasteiger partial charge in [0, 0.05) is 21.0 Å². The van der Waals surface area contributed by atoms with Gasteiger partial charge in [-0.05, 0) is 58.7 Å². The number of hydrazone groups is 1. The fourth-order valence-corrected chi connectivity index (χ4v) is 5.65. The molecular weight excluding hydrogens is 636 g/mol. The monoisotopic (exact) mass is 654 g/mol. The van der Waals surface area contributed by atoms with E-state index in [0.29, 0.717) is 36.7 Å². The number of nitriles is 1. The minimum atomic E-state index is -0.524. The summed E-state index contributed by atoms with van der Waals surface area (Å²) in [5.41, 5.74) is 7.10. The van der Waals surface area contributed by atoms with Crippen LogP contribution in [0.5, 0.6) is 5.75 Å². The first-order valence-corrected chi connectivity index (χ1v) is 13.7. The normalized spacial score (nSPS) is 10.9. The number of rotatable bonds is 6. The number of carbonyl (C=O) groups excluding carboxylic acids is 2. The molecule has 0 bridgehead atoms. The van der Waals surface area contributed by atoms with Gasteiger partial charge in [0.15, 0.2) is 5.75 Å². The standard InChI is InChI=1S/C31H20Br2N4O3/c1-18-7-5-10-20(13-18)31(39)40-29-22(14-23(32)15-25(29)33)17-35-37-30(38)28-26(19-8-3-2-4-9-19)24-12-6-11-21(16-34)27(24)36-28/h2-15,17,36H,1H3,(H,37,38). The topological polar surface area (TPSA) is 107 Å². The number of benzene rings is 4. The van der Waals surface area contributed by atoms with Crippen LogP contribution in [-0.2, 0) is 0 Å². The number of H-pyrrole nitrogens is 1. The Bertz CT molecular complexity index is 1840. The van der Waals surface area contributed by atoms with Crippen molar-refractivity contribution < 1.29 is 14.3 Å². The minimum Gasteiger partial charge on any atom is -0.421 e. The van der Waals surface area contributed by atoms with E-state index in [0.717, 1.165) is 16.5 Å². The van der Waals surface area contributed by atoms with Crippen molar-refractivity contribution in [3.05, 3.63) is 122 Å². The van der Waals surface area contributed by atoms with E-state index in [1.165, 1.54) is 6.21 Å². The number of para-hydroxylation sites is 1. The van der Waals surface area contributed by atoms with Crippen molar-refractivity contribution in [2.45, 2.75) is 6.92 Å². The molecule has 0 saturated heterocycles. The van der Waals surface area contributed by atoms with E-state index in [-0.39, 0.29) is 11.4 Å². The highest BCUT2D eigenvalue weighted by molar-refractivity contribution is 9.11. The molecule has 1 aromatic heterocycles. The number of nitrogens with one attached hydrogen (secondary N) is 2. The molecular formula is C31H20Br2N4O3. The number of hydrogen-bond donors (Lipinski definition) is 2. The second kappa shape index (κ2) is 11.7. The van der Waals surface area contributed by atoms with Crippen LogP contribution in [0.25, 0.3) is 22.0 Å². The number of amides is 1. The van der Waals surface area contributed by atoms with Gasteiger partial charge in [-0.25, -0.2) is 10.2 Å². The average Bonchev–Trinajstić information content (AvgIpc) is 3.35. The number of carbonyl (C=O) groups is 2. The van der Waals surface area contributed by atoms with Gasteiger partial charge in [-0.2, -0.15) is 10.4 Å². The van der Waals surface area contributed by atoms with Crippen LogP contribution in [-0.4, -0.2) is 23.1 Å². The third kappa shape index (κ3) is 5.59. The minimum absolute atomic E-state index is 0.252. The van der Waals surface area contributed by atoms with Crippen LogP contribution in [0.3, 0.4) is 0 Å². The summed E-state index contributed by atoms with van der Waals surface area (Å²) >= 11 is 6.90. The zero-order valence-electron chi connectivity index (χ0n) is 21.0. The van der Waals surface area contributed by atoms with Crippen molar-refractivity contribution in [2.75, 3.05) is 0 Å². The molecule has 9 heteroatoms. The third-order valence-electron chi connectivity index (χ3n) is 6.10. The molecule has 1 heterocycles. The molecule has 1 amide bonds. The van der Waals surface area contributed by atoms with E-state index >= 15 is 0 Å². The summed E-state index contributed by atoms with van der Waals surface area (Å²) in [4.78, 5) is 29.3. The van der Waals surface area contributed by atoms with Crippen LogP contribution < -0.4 is 10.2 Å². The van der Waals surface area contributed by atoms with E-state index in [1.54, 1.807) is 42.5 Å². The lowest BCUT2D eigenvalue weighted by molar-refractivity contribution is 0.0732. The Morgan fingerprint density at radius 1 is 1.00 bits per heavy atom. The largest absolute Gasteiger partial charge is 0.421 e. The second-order valence-electron chi connectivity index (χ2n) is 8.85. The van der Waals surface area contributed by atoms with Crippen molar-refractivity contribution in [1.82, 2.24) is 10.4 Å². The van der Waals surface area contributed by atoms with Crippen molar-refractivity contribution in [3.8, 4) is 22.9 Å². The molecule has 40 heavy (non-hydrogen) atoms. The van der Waals surface area contributed by atoms with Crippen molar-refractivity contribution >= 4 is 60.9 Å². The Balaban J connectivity index is 1.46. The van der Waals surface area contributed by atoms with E-state index < -0.39 is 11.9 Å². The molecule has 0 aliphatic rings. The van der Waals surface area contributed by atoms with E-state index in [4.69, 9.17) is 4.74 Å². The molecule has 0 atom stereocenters. The summed E-state index contributed by atoms with van der Waals surface area (Å²) < 4.78 is 6.96. The average molecular weight is 656 g/mol. The zero-order chi connectivity index (χ0) is 28.2.